The molecule has 0 radical (unpaired) electrons. The number of nitrogens with zero attached hydrogens (tertiary/aromatic N) is 4. The standard InChI is InChI=1S/C26H26N4O2S/c1-4-16-30-25(22-15-17-32-19(22)2)27-28-26(30)33-18-23(31)29(3)24(20-11-7-5-8-12-20)21-13-9-6-10-14-21/h4-15,17,24H,1,16,18H2,2-3H3. The number of amides is 1. The Labute approximate surface area is 197 Å². The SMILES string of the molecule is C=CCn1c(SCC(=O)N(C)C(c2ccccc2)c2ccccc2)nnc1-c1ccoc1C. The lowest BCUT2D eigenvalue weighted by molar-refractivity contribution is -0.128. The van der Waals surface area contributed by atoms with Crippen LogP contribution in [0.5, 0.6) is 0 Å². The molecule has 0 saturated heterocycles. The lowest BCUT2D eigenvalue weighted by Crippen LogP contribution is -2.33. The summed E-state index contributed by atoms with van der Waals surface area (Å²) in [6.07, 6.45) is 3.43. The Bertz CT molecular complexity index is 1180. The molecular formula is C26H26N4O2S. The number of furan rings is 1. The van der Waals surface area contributed by atoms with Crippen LogP contribution in [0.25, 0.3) is 11.4 Å². The van der Waals surface area contributed by atoms with E-state index in [0.29, 0.717) is 17.5 Å². The van der Waals surface area contributed by atoms with E-state index in [1.807, 2.05) is 61.0 Å². The van der Waals surface area contributed by atoms with Gasteiger partial charge in [-0.3, -0.25) is 9.36 Å². The van der Waals surface area contributed by atoms with Crippen LogP contribution in [-0.4, -0.2) is 38.4 Å². The Morgan fingerprint density at radius 2 is 1.73 bits per heavy atom. The van der Waals surface area contributed by atoms with Crippen molar-refractivity contribution in [1.29, 1.82) is 0 Å². The Hall–Kier alpha value is -3.58. The molecule has 4 rings (SSSR count). The molecule has 0 aliphatic rings. The highest BCUT2D eigenvalue weighted by Crippen LogP contribution is 2.30. The average Bonchev–Trinajstić information content (AvgIpc) is 3.44. The number of thioether (sulfide) groups is 1. The van der Waals surface area contributed by atoms with Gasteiger partial charge in [0.15, 0.2) is 11.0 Å². The van der Waals surface area contributed by atoms with Crippen LogP contribution in [0, 0.1) is 6.92 Å². The molecule has 2 heterocycles. The lowest BCUT2D eigenvalue weighted by atomic mass is 9.97. The Kier molecular flexibility index (Phi) is 7.10. The number of aromatic nitrogens is 3. The van der Waals surface area contributed by atoms with Crippen LogP contribution >= 0.6 is 11.8 Å². The summed E-state index contributed by atoms with van der Waals surface area (Å²) in [5, 5.41) is 9.36. The summed E-state index contributed by atoms with van der Waals surface area (Å²) in [7, 11) is 1.85. The van der Waals surface area contributed by atoms with Gasteiger partial charge in [0, 0.05) is 13.6 Å². The highest BCUT2D eigenvalue weighted by molar-refractivity contribution is 7.99. The lowest BCUT2D eigenvalue weighted by Gasteiger charge is -2.29. The minimum absolute atomic E-state index is 0.00639. The van der Waals surface area contributed by atoms with Crippen molar-refractivity contribution in [3.8, 4) is 11.4 Å². The number of benzene rings is 2. The molecule has 168 valence electrons. The zero-order valence-corrected chi connectivity index (χ0v) is 19.5. The Morgan fingerprint density at radius 3 is 2.27 bits per heavy atom. The van der Waals surface area contributed by atoms with E-state index in [1.54, 1.807) is 17.2 Å². The van der Waals surface area contributed by atoms with E-state index < -0.39 is 0 Å². The number of carbonyl (C=O) groups is 1. The van der Waals surface area contributed by atoms with Crippen molar-refractivity contribution in [2.45, 2.75) is 24.7 Å². The highest BCUT2D eigenvalue weighted by atomic mass is 32.2. The van der Waals surface area contributed by atoms with Crippen molar-refractivity contribution in [1.82, 2.24) is 19.7 Å². The molecule has 0 bridgehead atoms. The average molecular weight is 459 g/mol. The summed E-state index contributed by atoms with van der Waals surface area (Å²) in [5.74, 6) is 1.73. The van der Waals surface area contributed by atoms with Gasteiger partial charge in [0.2, 0.25) is 5.91 Å². The minimum atomic E-state index is -0.171. The van der Waals surface area contributed by atoms with E-state index in [0.717, 1.165) is 22.5 Å². The molecule has 2 aromatic carbocycles. The van der Waals surface area contributed by atoms with Crippen LogP contribution in [0.3, 0.4) is 0 Å². The van der Waals surface area contributed by atoms with Crippen LogP contribution in [0.15, 0.2) is 95.2 Å². The van der Waals surface area contributed by atoms with E-state index in [-0.39, 0.29) is 17.7 Å². The van der Waals surface area contributed by atoms with Gasteiger partial charge in [-0.1, -0.05) is 78.5 Å². The van der Waals surface area contributed by atoms with Crippen molar-refractivity contribution in [3.05, 3.63) is 103 Å². The summed E-state index contributed by atoms with van der Waals surface area (Å²) in [4.78, 5) is 15.1. The fourth-order valence-corrected chi connectivity index (χ4v) is 4.66. The van der Waals surface area contributed by atoms with E-state index in [9.17, 15) is 4.79 Å². The first-order valence-corrected chi connectivity index (χ1v) is 11.7. The van der Waals surface area contributed by atoms with Gasteiger partial charge in [-0.15, -0.1) is 16.8 Å². The maximum Gasteiger partial charge on any atom is 0.233 e. The molecule has 2 aromatic heterocycles. The molecule has 7 heteroatoms. The van der Waals surface area contributed by atoms with Gasteiger partial charge in [-0.25, -0.2) is 0 Å². The summed E-state index contributed by atoms with van der Waals surface area (Å²) in [5.41, 5.74) is 3.02. The number of hydrogen-bond acceptors (Lipinski definition) is 5. The van der Waals surface area contributed by atoms with Crippen molar-refractivity contribution in [2.75, 3.05) is 12.8 Å². The third kappa shape index (κ3) is 4.93. The third-order valence-electron chi connectivity index (χ3n) is 5.46. The monoisotopic (exact) mass is 458 g/mol. The molecule has 0 unspecified atom stereocenters. The molecule has 0 N–H and O–H groups in total. The number of allylic oxidation sites excluding steroid dienone is 1. The summed E-state index contributed by atoms with van der Waals surface area (Å²) in [6.45, 7) is 6.28. The minimum Gasteiger partial charge on any atom is -0.469 e. The molecule has 4 aromatic rings. The predicted octanol–water partition coefficient (Wildman–Crippen LogP) is 5.37. The van der Waals surface area contributed by atoms with E-state index in [4.69, 9.17) is 4.42 Å². The van der Waals surface area contributed by atoms with Crippen LogP contribution < -0.4 is 0 Å². The fourth-order valence-electron chi connectivity index (χ4n) is 3.79. The zero-order valence-electron chi connectivity index (χ0n) is 18.7. The largest absolute Gasteiger partial charge is 0.469 e. The van der Waals surface area contributed by atoms with Crippen LogP contribution in [0.4, 0.5) is 0 Å². The van der Waals surface area contributed by atoms with E-state index in [2.05, 4.69) is 41.0 Å². The second-order valence-corrected chi connectivity index (χ2v) is 8.56. The van der Waals surface area contributed by atoms with Gasteiger partial charge >= 0.3 is 0 Å². The van der Waals surface area contributed by atoms with Crippen molar-refractivity contribution < 1.29 is 9.21 Å². The molecule has 0 aliphatic carbocycles. The third-order valence-corrected chi connectivity index (χ3v) is 6.42. The molecule has 6 nitrogen and oxygen atoms in total. The van der Waals surface area contributed by atoms with E-state index in [1.165, 1.54) is 11.8 Å². The fraction of sp³-hybridized carbons (Fsp3) is 0.192. The predicted molar refractivity (Wildman–Crippen MR) is 131 cm³/mol. The highest BCUT2D eigenvalue weighted by Gasteiger charge is 2.24. The van der Waals surface area contributed by atoms with Crippen molar-refractivity contribution in [3.63, 3.8) is 0 Å². The van der Waals surface area contributed by atoms with Gasteiger partial charge in [0.1, 0.15) is 5.76 Å². The Balaban J connectivity index is 1.55. The van der Waals surface area contributed by atoms with Gasteiger partial charge in [0.25, 0.3) is 0 Å². The number of aryl methyl sites for hydroxylation is 1. The summed E-state index contributed by atoms with van der Waals surface area (Å²) >= 11 is 1.37. The molecule has 0 spiro atoms. The molecule has 0 fully saturated rings. The van der Waals surface area contributed by atoms with Crippen molar-refractivity contribution in [2.24, 2.45) is 0 Å². The first kappa shape index (κ1) is 22.6. The molecule has 0 atom stereocenters. The first-order chi connectivity index (χ1) is 16.1. The van der Waals surface area contributed by atoms with Crippen LogP contribution in [0.2, 0.25) is 0 Å². The van der Waals surface area contributed by atoms with Crippen LogP contribution in [-0.2, 0) is 11.3 Å². The second kappa shape index (κ2) is 10.4. The maximum absolute atomic E-state index is 13.3. The quantitative estimate of drug-likeness (QED) is 0.249. The number of rotatable bonds is 9. The Morgan fingerprint density at radius 1 is 1.09 bits per heavy atom. The molecule has 0 saturated carbocycles. The topological polar surface area (TPSA) is 64.2 Å². The van der Waals surface area contributed by atoms with Gasteiger partial charge in [-0.2, -0.15) is 0 Å². The number of carbonyl (C=O) groups excluding carboxylic acids is 1. The van der Waals surface area contributed by atoms with Gasteiger partial charge in [-0.05, 0) is 24.1 Å². The summed E-state index contributed by atoms with van der Waals surface area (Å²) in [6, 6.07) is 21.8. The second-order valence-electron chi connectivity index (χ2n) is 7.61. The summed E-state index contributed by atoms with van der Waals surface area (Å²) < 4.78 is 7.38. The number of hydrogen-bond donors (Lipinski definition) is 0. The molecule has 33 heavy (non-hydrogen) atoms. The van der Waals surface area contributed by atoms with Gasteiger partial charge < -0.3 is 9.32 Å². The zero-order chi connectivity index (χ0) is 23.2. The molecule has 1 amide bonds. The van der Waals surface area contributed by atoms with Gasteiger partial charge in [0.05, 0.1) is 23.6 Å². The molecule has 0 aliphatic heterocycles. The maximum atomic E-state index is 13.3. The van der Waals surface area contributed by atoms with E-state index >= 15 is 0 Å². The molecular weight excluding hydrogens is 432 g/mol. The van der Waals surface area contributed by atoms with Crippen LogP contribution in [0.1, 0.15) is 22.9 Å². The first-order valence-electron chi connectivity index (χ1n) is 10.7. The van der Waals surface area contributed by atoms with Crippen molar-refractivity contribution >= 4 is 17.7 Å². The smallest absolute Gasteiger partial charge is 0.233 e. The normalized spacial score (nSPS) is 11.0.